The van der Waals surface area contributed by atoms with Gasteiger partial charge in [-0.15, -0.1) is 0 Å². The summed E-state index contributed by atoms with van der Waals surface area (Å²) in [5.74, 6) is -0.287. The van der Waals surface area contributed by atoms with Crippen LogP contribution in [-0.4, -0.2) is 25.9 Å². The first-order chi connectivity index (χ1) is 8.91. The number of hydrogen-bond donors (Lipinski definition) is 3. The molecular weight excluding hydrogens is 244 g/mol. The molecule has 0 aliphatic heterocycles. The molecule has 0 aliphatic carbocycles. The van der Waals surface area contributed by atoms with Crippen LogP contribution in [0.4, 0.5) is 5.69 Å². The lowest BCUT2D eigenvalue weighted by molar-refractivity contribution is 0.0946. The Bertz CT molecular complexity index is 624. The number of carbonyl (C=O) groups excluding carboxylic acids is 1. The van der Waals surface area contributed by atoms with E-state index < -0.39 is 0 Å². The third-order valence-corrected chi connectivity index (χ3v) is 3.29. The fraction of sp³-hybridized carbons (Fsp3) is 0.417. The van der Waals surface area contributed by atoms with Gasteiger partial charge in [0.15, 0.2) is 5.69 Å². The van der Waals surface area contributed by atoms with Crippen molar-refractivity contribution in [1.82, 2.24) is 25.3 Å². The molecule has 7 heteroatoms. The SMILES string of the molecule is Cc1nn(C)c(C)c1CNC(=O)c1n[nH]c(C)c1N. The Balaban J connectivity index is 2.11. The van der Waals surface area contributed by atoms with Crippen LogP contribution < -0.4 is 11.1 Å². The highest BCUT2D eigenvalue weighted by Gasteiger charge is 2.16. The Morgan fingerprint density at radius 2 is 2.11 bits per heavy atom. The number of amides is 1. The Labute approximate surface area is 111 Å². The number of aromatic nitrogens is 4. The molecule has 0 spiro atoms. The van der Waals surface area contributed by atoms with Gasteiger partial charge in [0.1, 0.15) is 0 Å². The van der Waals surface area contributed by atoms with Crippen molar-refractivity contribution >= 4 is 11.6 Å². The van der Waals surface area contributed by atoms with Crippen molar-refractivity contribution < 1.29 is 4.79 Å². The number of hydrogen-bond acceptors (Lipinski definition) is 4. The molecule has 2 heterocycles. The first kappa shape index (κ1) is 13.1. The smallest absolute Gasteiger partial charge is 0.274 e. The van der Waals surface area contributed by atoms with Gasteiger partial charge in [-0.3, -0.25) is 14.6 Å². The number of carbonyl (C=O) groups is 1. The summed E-state index contributed by atoms with van der Waals surface area (Å²) in [7, 11) is 1.88. The highest BCUT2D eigenvalue weighted by atomic mass is 16.1. The minimum atomic E-state index is -0.287. The molecule has 0 fully saturated rings. The molecule has 102 valence electrons. The summed E-state index contributed by atoms with van der Waals surface area (Å²) in [6.45, 7) is 6.07. The third-order valence-electron chi connectivity index (χ3n) is 3.29. The van der Waals surface area contributed by atoms with Crippen LogP contribution in [0.5, 0.6) is 0 Å². The highest BCUT2D eigenvalue weighted by Crippen LogP contribution is 2.14. The van der Waals surface area contributed by atoms with E-state index in [1.54, 1.807) is 11.6 Å². The molecule has 0 aromatic carbocycles. The zero-order chi connectivity index (χ0) is 14.2. The van der Waals surface area contributed by atoms with E-state index in [0.717, 1.165) is 17.0 Å². The maximum Gasteiger partial charge on any atom is 0.274 e. The van der Waals surface area contributed by atoms with Crippen LogP contribution >= 0.6 is 0 Å². The van der Waals surface area contributed by atoms with Crippen molar-refractivity contribution in [3.8, 4) is 0 Å². The quantitative estimate of drug-likeness (QED) is 0.753. The Morgan fingerprint density at radius 3 is 2.58 bits per heavy atom. The van der Waals surface area contributed by atoms with Crippen molar-refractivity contribution in [1.29, 1.82) is 0 Å². The topological polar surface area (TPSA) is 102 Å². The standard InChI is InChI=1S/C12H18N6O/c1-6-9(8(3)18(4)17-6)5-14-12(19)11-10(13)7(2)15-16-11/h5,13H2,1-4H3,(H,14,19)(H,15,16). The molecular formula is C12H18N6O. The van der Waals surface area contributed by atoms with Crippen LogP contribution in [0.25, 0.3) is 0 Å². The van der Waals surface area contributed by atoms with E-state index in [4.69, 9.17) is 5.73 Å². The van der Waals surface area contributed by atoms with Gasteiger partial charge in [0.05, 0.1) is 17.1 Å². The molecule has 1 amide bonds. The van der Waals surface area contributed by atoms with E-state index in [1.165, 1.54) is 0 Å². The van der Waals surface area contributed by atoms with Crippen molar-refractivity contribution in [3.05, 3.63) is 28.3 Å². The first-order valence-corrected chi connectivity index (χ1v) is 5.99. The number of aryl methyl sites for hydroxylation is 3. The lowest BCUT2D eigenvalue weighted by Crippen LogP contribution is -2.24. The van der Waals surface area contributed by atoms with Gasteiger partial charge in [-0.05, 0) is 20.8 Å². The van der Waals surface area contributed by atoms with E-state index >= 15 is 0 Å². The van der Waals surface area contributed by atoms with Crippen molar-refractivity contribution in [2.24, 2.45) is 7.05 Å². The molecule has 4 N–H and O–H groups in total. The van der Waals surface area contributed by atoms with Gasteiger partial charge in [0, 0.05) is 24.8 Å². The minimum absolute atomic E-state index is 0.233. The largest absolute Gasteiger partial charge is 0.395 e. The van der Waals surface area contributed by atoms with Gasteiger partial charge < -0.3 is 11.1 Å². The molecule has 0 atom stereocenters. The van der Waals surface area contributed by atoms with Crippen LogP contribution in [0.3, 0.4) is 0 Å². The molecule has 0 saturated heterocycles. The summed E-state index contributed by atoms with van der Waals surface area (Å²) in [5, 5.41) is 13.7. The number of nitrogens with two attached hydrogens (primary N) is 1. The Morgan fingerprint density at radius 1 is 1.42 bits per heavy atom. The zero-order valence-electron chi connectivity index (χ0n) is 11.5. The molecule has 0 saturated carbocycles. The number of aromatic amines is 1. The highest BCUT2D eigenvalue weighted by molar-refractivity contribution is 5.97. The van der Waals surface area contributed by atoms with E-state index in [1.807, 2.05) is 20.9 Å². The average molecular weight is 262 g/mol. The summed E-state index contributed by atoms with van der Waals surface area (Å²) in [6, 6.07) is 0. The summed E-state index contributed by atoms with van der Waals surface area (Å²) in [6.07, 6.45) is 0. The first-order valence-electron chi connectivity index (χ1n) is 5.99. The van der Waals surface area contributed by atoms with Crippen LogP contribution in [0.1, 0.15) is 33.1 Å². The number of nitrogens with one attached hydrogen (secondary N) is 2. The second-order valence-corrected chi connectivity index (χ2v) is 4.57. The van der Waals surface area contributed by atoms with Crippen LogP contribution in [0, 0.1) is 20.8 Å². The van der Waals surface area contributed by atoms with Crippen LogP contribution in [0.15, 0.2) is 0 Å². The second kappa shape index (κ2) is 4.75. The lowest BCUT2D eigenvalue weighted by Gasteiger charge is -2.04. The fourth-order valence-electron chi connectivity index (χ4n) is 1.94. The minimum Gasteiger partial charge on any atom is -0.395 e. The van der Waals surface area contributed by atoms with Crippen molar-refractivity contribution in [2.75, 3.05) is 5.73 Å². The molecule has 0 radical (unpaired) electrons. The number of nitrogens with zero attached hydrogens (tertiary/aromatic N) is 3. The number of anilines is 1. The van der Waals surface area contributed by atoms with Gasteiger partial charge in [-0.1, -0.05) is 0 Å². The normalized spacial score (nSPS) is 10.7. The molecule has 19 heavy (non-hydrogen) atoms. The monoisotopic (exact) mass is 262 g/mol. The summed E-state index contributed by atoms with van der Waals surface area (Å²) < 4.78 is 1.80. The summed E-state index contributed by atoms with van der Waals surface area (Å²) in [5.41, 5.74) is 10.0. The molecule has 0 unspecified atom stereocenters. The van der Waals surface area contributed by atoms with Crippen molar-refractivity contribution in [2.45, 2.75) is 27.3 Å². The summed E-state index contributed by atoms with van der Waals surface area (Å²) in [4.78, 5) is 12.0. The second-order valence-electron chi connectivity index (χ2n) is 4.57. The molecule has 7 nitrogen and oxygen atoms in total. The fourth-order valence-corrected chi connectivity index (χ4v) is 1.94. The van der Waals surface area contributed by atoms with Gasteiger partial charge in [-0.2, -0.15) is 10.2 Å². The maximum absolute atomic E-state index is 12.0. The van der Waals surface area contributed by atoms with E-state index in [-0.39, 0.29) is 11.6 Å². The Kier molecular flexibility index (Phi) is 3.28. The third kappa shape index (κ3) is 2.31. The molecule has 2 aromatic heterocycles. The average Bonchev–Trinajstić information content (AvgIpc) is 2.80. The van der Waals surface area contributed by atoms with E-state index in [0.29, 0.717) is 17.9 Å². The molecule has 2 rings (SSSR count). The van der Waals surface area contributed by atoms with Gasteiger partial charge in [0.25, 0.3) is 5.91 Å². The van der Waals surface area contributed by atoms with Gasteiger partial charge in [-0.25, -0.2) is 0 Å². The predicted molar refractivity (Wildman–Crippen MR) is 71.6 cm³/mol. The van der Waals surface area contributed by atoms with Gasteiger partial charge >= 0.3 is 0 Å². The number of H-pyrrole nitrogens is 1. The Hall–Kier alpha value is -2.31. The predicted octanol–water partition coefficient (Wildman–Crippen LogP) is 0.581. The van der Waals surface area contributed by atoms with Crippen LogP contribution in [-0.2, 0) is 13.6 Å². The maximum atomic E-state index is 12.0. The zero-order valence-corrected chi connectivity index (χ0v) is 11.5. The van der Waals surface area contributed by atoms with Gasteiger partial charge in [0.2, 0.25) is 0 Å². The van der Waals surface area contributed by atoms with Crippen molar-refractivity contribution in [3.63, 3.8) is 0 Å². The molecule has 0 bridgehead atoms. The summed E-state index contributed by atoms with van der Waals surface area (Å²) >= 11 is 0. The molecule has 2 aromatic rings. The van der Waals surface area contributed by atoms with Crippen LogP contribution in [0.2, 0.25) is 0 Å². The molecule has 0 aliphatic rings. The van der Waals surface area contributed by atoms with E-state index in [2.05, 4.69) is 20.6 Å². The number of nitrogen functional groups attached to an aromatic ring is 1. The van der Waals surface area contributed by atoms with E-state index in [9.17, 15) is 4.79 Å². The number of rotatable bonds is 3. The lowest BCUT2D eigenvalue weighted by atomic mass is 10.2.